The molecule has 1 aromatic rings. The zero-order chi connectivity index (χ0) is 8.27. The van der Waals surface area contributed by atoms with Crippen molar-refractivity contribution in [3.63, 3.8) is 0 Å². The van der Waals surface area contributed by atoms with Crippen LogP contribution in [0.1, 0.15) is 5.56 Å². The van der Waals surface area contributed by atoms with Crippen molar-refractivity contribution in [3.8, 4) is 0 Å². The van der Waals surface area contributed by atoms with Crippen LogP contribution in [0.4, 0.5) is 4.39 Å². The number of amidine groups is 1. The molecule has 0 fully saturated rings. The van der Waals surface area contributed by atoms with Crippen LogP contribution < -0.4 is 5.73 Å². The quantitative estimate of drug-likeness (QED) is 0.373. The Balaban J connectivity index is 2.86. The van der Waals surface area contributed by atoms with Gasteiger partial charge in [-0.25, -0.2) is 4.98 Å². The van der Waals surface area contributed by atoms with E-state index < -0.39 is 5.95 Å². The molecular weight excluding hydrogens is 145 g/mol. The van der Waals surface area contributed by atoms with E-state index in [0.717, 1.165) is 0 Å². The second-order valence-corrected chi connectivity index (χ2v) is 2.16. The monoisotopic (exact) mass is 153 g/mol. The summed E-state index contributed by atoms with van der Waals surface area (Å²) in [7, 11) is 0. The van der Waals surface area contributed by atoms with E-state index in [-0.39, 0.29) is 12.3 Å². The number of halogens is 1. The Morgan fingerprint density at radius 2 is 2.45 bits per heavy atom. The summed E-state index contributed by atoms with van der Waals surface area (Å²) < 4.78 is 12.7. The number of nitrogens with one attached hydrogen (secondary N) is 1. The van der Waals surface area contributed by atoms with Crippen molar-refractivity contribution in [1.82, 2.24) is 4.98 Å². The third-order valence-corrected chi connectivity index (χ3v) is 1.22. The minimum atomic E-state index is -0.553. The summed E-state index contributed by atoms with van der Waals surface area (Å²) in [4.78, 5) is 3.41. The van der Waals surface area contributed by atoms with Crippen molar-refractivity contribution < 1.29 is 4.39 Å². The number of aromatic nitrogens is 1. The van der Waals surface area contributed by atoms with E-state index in [0.29, 0.717) is 5.56 Å². The predicted molar refractivity (Wildman–Crippen MR) is 39.8 cm³/mol. The normalized spacial score (nSPS) is 9.55. The predicted octanol–water partition coefficient (Wildman–Crippen LogP) is 0.699. The Morgan fingerprint density at radius 3 is 3.00 bits per heavy atom. The summed E-state index contributed by atoms with van der Waals surface area (Å²) in [5.41, 5.74) is 5.44. The van der Waals surface area contributed by atoms with Gasteiger partial charge in [0.25, 0.3) is 0 Å². The summed E-state index contributed by atoms with van der Waals surface area (Å²) in [5.74, 6) is -0.611. The summed E-state index contributed by atoms with van der Waals surface area (Å²) in [6, 6.07) is 3.17. The van der Waals surface area contributed by atoms with Crippen molar-refractivity contribution in [3.05, 3.63) is 29.8 Å². The Kier molecular flexibility index (Phi) is 2.15. The molecule has 0 saturated heterocycles. The summed E-state index contributed by atoms with van der Waals surface area (Å²) in [6.45, 7) is 0. The molecule has 0 aliphatic rings. The smallest absolute Gasteiger partial charge is 0.216 e. The molecule has 58 valence electrons. The standard InChI is InChI=1S/C7H8FN3/c8-7-5(4-6(9)10)2-1-3-11-7/h1-3H,4H2,(H3,9,10). The fraction of sp³-hybridized carbons (Fsp3) is 0.143. The van der Waals surface area contributed by atoms with Gasteiger partial charge >= 0.3 is 0 Å². The van der Waals surface area contributed by atoms with E-state index >= 15 is 0 Å². The maximum atomic E-state index is 12.7. The second-order valence-electron chi connectivity index (χ2n) is 2.16. The SMILES string of the molecule is N=C(N)Cc1cccnc1F. The van der Waals surface area contributed by atoms with Gasteiger partial charge in [-0.2, -0.15) is 4.39 Å². The number of nitrogens with two attached hydrogens (primary N) is 1. The molecule has 0 atom stereocenters. The molecule has 3 N–H and O–H groups in total. The van der Waals surface area contributed by atoms with Crippen LogP contribution in [0.15, 0.2) is 18.3 Å². The van der Waals surface area contributed by atoms with Crippen molar-refractivity contribution >= 4 is 5.84 Å². The van der Waals surface area contributed by atoms with E-state index in [1.165, 1.54) is 6.20 Å². The third-order valence-electron chi connectivity index (χ3n) is 1.22. The number of hydrogen-bond donors (Lipinski definition) is 2. The maximum Gasteiger partial charge on any atom is 0.216 e. The molecule has 0 aromatic carbocycles. The van der Waals surface area contributed by atoms with Crippen molar-refractivity contribution in [2.75, 3.05) is 0 Å². The first-order valence-electron chi connectivity index (χ1n) is 3.12. The Bertz CT molecular complexity index is 272. The maximum absolute atomic E-state index is 12.7. The highest BCUT2D eigenvalue weighted by atomic mass is 19.1. The van der Waals surface area contributed by atoms with Gasteiger partial charge in [-0.15, -0.1) is 0 Å². The molecule has 1 rings (SSSR count). The first-order valence-corrected chi connectivity index (χ1v) is 3.12. The lowest BCUT2D eigenvalue weighted by molar-refractivity contribution is 0.572. The van der Waals surface area contributed by atoms with Gasteiger partial charge in [0.2, 0.25) is 5.95 Å². The van der Waals surface area contributed by atoms with Gasteiger partial charge in [0.15, 0.2) is 0 Å². The molecule has 1 heterocycles. The summed E-state index contributed by atoms with van der Waals surface area (Å²) in [6.07, 6.45) is 1.48. The van der Waals surface area contributed by atoms with Gasteiger partial charge in [0.05, 0.1) is 5.84 Å². The minimum absolute atomic E-state index is 0.0584. The van der Waals surface area contributed by atoms with Crippen LogP contribution in [0.5, 0.6) is 0 Å². The second kappa shape index (κ2) is 3.09. The van der Waals surface area contributed by atoms with Gasteiger partial charge in [-0.05, 0) is 6.07 Å². The van der Waals surface area contributed by atoms with E-state index in [4.69, 9.17) is 11.1 Å². The molecule has 0 aliphatic carbocycles. The molecule has 0 amide bonds. The average Bonchev–Trinajstić information content (AvgIpc) is 1.93. The van der Waals surface area contributed by atoms with Crippen molar-refractivity contribution in [2.45, 2.75) is 6.42 Å². The van der Waals surface area contributed by atoms with Gasteiger partial charge in [0, 0.05) is 18.2 Å². The highest BCUT2D eigenvalue weighted by molar-refractivity contribution is 5.79. The van der Waals surface area contributed by atoms with E-state index in [1.807, 2.05) is 0 Å². The van der Waals surface area contributed by atoms with Crippen LogP contribution >= 0.6 is 0 Å². The molecule has 3 nitrogen and oxygen atoms in total. The molecular formula is C7H8FN3. The molecule has 0 unspecified atom stereocenters. The molecule has 0 radical (unpaired) electrons. The van der Waals surface area contributed by atoms with Crippen LogP contribution in [-0.2, 0) is 6.42 Å². The topological polar surface area (TPSA) is 62.8 Å². The highest BCUT2D eigenvalue weighted by Gasteiger charge is 2.01. The lowest BCUT2D eigenvalue weighted by atomic mass is 10.2. The largest absolute Gasteiger partial charge is 0.387 e. The van der Waals surface area contributed by atoms with Crippen LogP contribution in [0.2, 0.25) is 0 Å². The Labute approximate surface area is 63.6 Å². The minimum Gasteiger partial charge on any atom is -0.387 e. The number of rotatable bonds is 2. The zero-order valence-electron chi connectivity index (χ0n) is 5.84. The molecule has 4 heteroatoms. The van der Waals surface area contributed by atoms with Gasteiger partial charge in [0.1, 0.15) is 0 Å². The first-order chi connectivity index (χ1) is 5.20. The zero-order valence-corrected chi connectivity index (χ0v) is 5.84. The fourth-order valence-corrected chi connectivity index (χ4v) is 0.756. The van der Waals surface area contributed by atoms with E-state index in [9.17, 15) is 4.39 Å². The van der Waals surface area contributed by atoms with Crippen molar-refractivity contribution in [2.24, 2.45) is 5.73 Å². The van der Waals surface area contributed by atoms with E-state index in [1.54, 1.807) is 12.1 Å². The number of hydrogen-bond acceptors (Lipinski definition) is 2. The van der Waals surface area contributed by atoms with Gasteiger partial charge in [-0.3, -0.25) is 5.41 Å². The van der Waals surface area contributed by atoms with Crippen molar-refractivity contribution in [1.29, 1.82) is 5.41 Å². The first kappa shape index (κ1) is 7.65. The fourth-order valence-electron chi connectivity index (χ4n) is 0.756. The molecule has 11 heavy (non-hydrogen) atoms. The average molecular weight is 153 g/mol. The van der Waals surface area contributed by atoms with Crippen LogP contribution in [0.3, 0.4) is 0 Å². The number of nitrogens with zero attached hydrogens (tertiary/aromatic N) is 1. The van der Waals surface area contributed by atoms with Crippen LogP contribution in [0.25, 0.3) is 0 Å². The highest BCUT2D eigenvalue weighted by Crippen LogP contribution is 2.02. The van der Waals surface area contributed by atoms with Gasteiger partial charge < -0.3 is 5.73 Å². The number of pyridine rings is 1. The van der Waals surface area contributed by atoms with E-state index in [2.05, 4.69) is 4.98 Å². The molecule has 0 bridgehead atoms. The third kappa shape index (κ3) is 2.00. The van der Waals surface area contributed by atoms with Gasteiger partial charge in [-0.1, -0.05) is 6.07 Å². The molecule has 0 aliphatic heterocycles. The lowest BCUT2D eigenvalue weighted by Crippen LogP contribution is -2.13. The molecule has 0 saturated carbocycles. The molecule has 0 spiro atoms. The van der Waals surface area contributed by atoms with Crippen LogP contribution in [-0.4, -0.2) is 10.8 Å². The Morgan fingerprint density at radius 1 is 1.73 bits per heavy atom. The summed E-state index contributed by atoms with van der Waals surface area (Å²) in [5, 5.41) is 6.91. The Hall–Kier alpha value is -1.45. The molecule has 1 aromatic heterocycles. The summed E-state index contributed by atoms with van der Waals surface area (Å²) >= 11 is 0. The lowest BCUT2D eigenvalue weighted by Gasteiger charge is -1.98. The van der Waals surface area contributed by atoms with Crippen LogP contribution in [0, 0.1) is 11.4 Å².